The molecule has 6 nitrogen and oxygen atoms in total. The van der Waals surface area contributed by atoms with Crippen LogP contribution < -0.4 is 4.74 Å². The molecule has 0 bridgehead atoms. The number of methoxy groups -OCH3 is 2. The maximum absolute atomic E-state index is 13.3. The number of fused-ring (bicyclic) bond motifs is 2. The van der Waals surface area contributed by atoms with E-state index in [1.807, 2.05) is 13.0 Å². The maximum Gasteiger partial charge on any atom is 0.342 e. The van der Waals surface area contributed by atoms with Gasteiger partial charge in [-0.15, -0.1) is 0 Å². The van der Waals surface area contributed by atoms with Gasteiger partial charge in [-0.3, -0.25) is 4.79 Å². The van der Waals surface area contributed by atoms with Gasteiger partial charge in [0.05, 0.1) is 18.9 Å². The van der Waals surface area contributed by atoms with Crippen molar-refractivity contribution in [2.24, 2.45) is 11.3 Å². The third-order valence-corrected chi connectivity index (χ3v) is 7.22. The van der Waals surface area contributed by atoms with Gasteiger partial charge in [0, 0.05) is 30.7 Å². The Labute approximate surface area is 183 Å². The molecular weight excluding hydrogens is 394 g/mol. The first-order valence-corrected chi connectivity index (χ1v) is 10.5. The first kappa shape index (κ1) is 21.4. The van der Waals surface area contributed by atoms with Gasteiger partial charge in [-0.2, -0.15) is 0 Å². The van der Waals surface area contributed by atoms with Crippen molar-refractivity contribution in [2.75, 3.05) is 21.3 Å². The minimum Gasteiger partial charge on any atom is -0.496 e. The van der Waals surface area contributed by atoms with E-state index in [4.69, 9.17) is 14.2 Å². The Morgan fingerprint density at radius 2 is 1.94 bits per heavy atom. The van der Waals surface area contributed by atoms with E-state index in [-0.39, 0.29) is 17.9 Å². The van der Waals surface area contributed by atoms with Gasteiger partial charge in [-0.05, 0) is 43.0 Å². The molecule has 0 N–H and O–H groups in total. The zero-order valence-corrected chi connectivity index (χ0v) is 18.9. The summed E-state index contributed by atoms with van der Waals surface area (Å²) in [6.45, 7) is 6.08. The molecule has 1 amide bonds. The Morgan fingerprint density at radius 3 is 2.61 bits per heavy atom. The molecule has 0 saturated heterocycles. The lowest BCUT2D eigenvalue weighted by molar-refractivity contribution is -0.123. The highest BCUT2D eigenvalue weighted by molar-refractivity contribution is 6.01. The predicted molar refractivity (Wildman–Crippen MR) is 117 cm³/mol. The molecule has 1 aromatic carbocycles. The minimum atomic E-state index is -0.599. The number of ether oxygens (including phenoxy) is 3. The number of hydrogen-bond donors (Lipinski definition) is 0. The zero-order chi connectivity index (χ0) is 22.5. The highest BCUT2D eigenvalue weighted by Gasteiger charge is 2.54. The summed E-state index contributed by atoms with van der Waals surface area (Å²) in [7, 11) is 4.99. The molecule has 0 aromatic heterocycles. The summed E-state index contributed by atoms with van der Waals surface area (Å²) in [5, 5.41) is 0. The Morgan fingerprint density at radius 1 is 1.23 bits per heavy atom. The summed E-state index contributed by atoms with van der Waals surface area (Å²) >= 11 is 0. The topological polar surface area (TPSA) is 65.1 Å². The first-order chi connectivity index (χ1) is 14.7. The van der Waals surface area contributed by atoms with E-state index in [1.165, 1.54) is 7.11 Å². The van der Waals surface area contributed by atoms with Crippen LogP contribution in [0.2, 0.25) is 0 Å². The fourth-order valence-electron chi connectivity index (χ4n) is 5.07. The van der Waals surface area contributed by atoms with Crippen LogP contribution in [0.5, 0.6) is 5.75 Å². The van der Waals surface area contributed by atoms with Crippen LogP contribution in [-0.4, -0.2) is 50.3 Å². The van der Waals surface area contributed by atoms with Gasteiger partial charge in [0.25, 0.3) is 5.91 Å². The van der Waals surface area contributed by atoms with E-state index in [2.05, 4.69) is 26.0 Å². The van der Waals surface area contributed by atoms with Crippen LogP contribution in [-0.2, 0) is 14.3 Å². The van der Waals surface area contributed by atoms with Gasteiger partial charge in [-0.1, -0.05) is 32.1 Å². The van der Waals surface area contributed by atoms with Crippen LogP contribution >= 0.6 is 0 Å². The van der Waals surface area contributed by atoms with Gasteiger partial charge >= 0.3 is 5.97 Å². The summed E-state index contributed by atoms with van der Waals surface area (Å²) in [5.41, 5.74) is 3.10. The van der Waals surface area contributed by atoms with Crippen molar-refractivity contribution < 1.29 is 23.8 Å². The maximum atomic E-state index is 13.3. The molecule has 1 unspecified atom stereocenters. The smallest absolute Gasteiger partial charge is 0.342 e. The van der Waals surface area contributed by atoms with Gasteiger partial charge in [0.2, 0.25) is 0 Å². The van der Waals surface area contributed by atoms with Crippen LogP contribution in [0.4, 0.5) is 0 Å². The number of benzene rings is 1. The standard InChI is InChI=1S/C25H29NO5/c1-14-11-17(29-5)12-16-13-19-21(15(2)23(27)26(19)4)22(25(14,16)3)31-24(28)18-9-7-8-10-20(18)30-6/h7-10,12-14,17,22H,11H2,1-6H3/t14-,17-,22?,25-/m1/s1. The number of nitrogens with zero attached hydrogens (tertiary/aromatic N) is 1. The van der Waals surface area contributed by atoms with Crippen LogP contribution in [0.25, 0.3) is 0 Å². The van der Waals surface area contributed by atoms with Crippen molar-refractivity contribution in [2.45, 2.75) is 39.4 Å². The molecule has 1 heterocycles. The Hall–Kier alpha value is -2.86. The lowest BCUT2D eigenvalue weighted by atomic mass is 9.59. The van der Waals surface area contributed by atoms with Gasteiger partial charge in [0.15, 0.2) is 0 Å². The van der Waals surface area contributed by atoms with E-state index in [0.29, 0.717) is 16.9 Å². The molecule has 1 aliphatic heterocycles. The van der Waals surface area contributed by atoms with E-state index in [9.17, 15) is 9.59 Å². The normalized spacial score (nSPS) is 29.8. The van der Waals surface area contributed by atoms with Crippen molar-refractivity contribution in [1.29, 1.82) is 0 Å². The number of likely N-dealkylation sites (N-methyl/N-ethyl adjacent to an activating group) is 1. The summed E-state index contributed by atoms with van der Waals surface area (Å²) in [6, 6.07) is 7.02. The molecular formula is C25H29NO5. The van der Waals surface area contributed by atoms with Gasteiger partial charge < -0.3 is 19.1 Å². The largest absolute Gasteiger partial charge is 0.496 e. The average molecular weight is 424 g/mol. The van der Waals surface area contributed by atoms with E-state index < -0.39 is 17.5 Å². The highest BCUT2D eigenvalue weighted by Crippen LogP contribution is 2.55. The lowest BCUT2D eigenvalue weighted by Crippen LogP contribution is -2.49. The van der Waals surface area contributed by atoms with Crippen molar-refractivity contribution in [1.82, 2.24) is 4.90 Å². The van der Waals surface area contributed by atoms with E-state index >= 15 is 0 Å². The van der Waals surface area contributed by atoms with Crippen molar-refractivity contribution in [3.05, 3.63) is 64.4 Å². The van der Waals surface area contributed by atoms with Gasteiger partial charge in [0.1, 0.15) is 17.4 Å². The summed E-state index contributed by atoms with van der Waals surface area (Å²) in [5.74, 6) is 0.0829. The number of allylic oxidation sites excluding steroid dienone is 1. The van der Waals surface area contributed by atoms with Crippen molar-refractivity contribution in [3.63, 3.8) is 0 Å². The second-order valence-electron chi connectivity index (χ2n) is 8.73. The number of rotatable bonds is 4. The lowest BCUT2D eigenvalue weighted by Gasteiger charge is -2.49. The molecule has 0 saturated carbocycles. The molecule has 6 heteroatoms. The van der Waals surface area contributed by atoms with Crippen LogP contribution in [0.1, 0.15) is 37.6 Å². The monoisotopic (exact) mass is 423 g/mol. The van der Waals surface area contributed by atoms with E-state index in [1.54, 1.807) is 37.3 Å². The quantitative estimate of drug-likeness (QED) is 0.688. The zero-order valence-electron chi connectivity index (χ0n) is 18.9. The predicted octanol–water partition coefficient (Wildman–Crippen LogP) is 3.89. The number of para-hydroxylation sites is 1. The molecule has 1 aromatic rings. The molecule has 4 rings (SSSR count). The number of hydrogen-bond acceptors (Lipinski definition) is 5. The number of carbonyl (C=O) groups excluding carboxylic acids is 2. The number of amides is 1. The summed E-state index contributed by atoms with van der Waals surface area (Å²) < 4.78 is 17.2. The summed E-state index contributed by atoms with van der Waals surface area (Å²) in [4.78, 5) is 27.8. The van der Waals surface area contributed by atoms with Crippen molar-refractivity contribution >= 4 is 11.9 Å². The van der Waals surface area contributed by atoms with E-state index in [0.717, 1.165) is 23.3 Å². The molecule has 31 heavy (non-hydrogen) atoms. The molecule has 4 atom stereocenters. The Kier molecular flexibility index (Phi) is 5.30. The third kappa shape index (κ3) is 3.12. The molecule has 0 spiro atoms. The number of esters is 1. The Bertz CT molecular complexity index is 1040. The van der Waals surface area contributed by atoms with Gasteiger partial charge in [-0.25, -0.2) is 4.79 Å². The first-order valence-electron chi connectivity index (χ1n) is 10.5. The fraction of sp³-hybridized carbons (Fsp3) is 0.440. The molecule has 2 aliphatic carbocycles. The Balaban J connectivity index is 1.85. The van der Waals surface area contributed by atoms with Crippen LogP contribution in [0.3, 0.4) is 0 Å². The van der Waals surface area contributed by atoms with Crippen LogP contribution in [0, 0.1) is 11.3 Å². The third-order valence-electron chi connectivity index (χ3n) is 7.22. The number of carbonyl (C=O) groups is 2. The molecule has 0 radical (unpaired) electrons. The molecule has 3 aliphatic rings. The van der Waals surface area contributed by atoms with Crippen molar-refractivity contribution in [3.8, 4) is 5.75 Å². The van der Waals surface area contributed by atoms with Crippen LogP contribution in [0.15, 0.2) is 58.8 Å². The second-order valence-corrected chi connectivity index (χ2v) is 8.73. The second kappa shape index (κ2) is 7.68. The molecule has 0 fully saturated rings. The minimum absolute atomic E-state index is 0.0190. The average Bonchev–Trinajstić information content (AvgIpc) is 2.98. The fourth-order valence-corrected chi connectivity index (χ4v) is 5.07. The SMILES string of the molecule is COc1ccccc1C(=O)OC1C2=C(C)C(=O)N(C)C2=CC2=C[C@H](OC)C[C@@H](C)[C@]21C. The highest BCUT2D eigenvalue weighted by atomic mass is 16.5. The summed E-state index contributed by atoms with van der Waals surface area (Å²) in [6.07, 6.45) is 4.34. The molecule has 164 valence electrons.